The van der Waals surface area contributed by atoms with Crippen LogP contribution < -0.4 is 4.74 Å². The summed E-state index contributed by atoms with van der Waals surface area (Å²) >= 11 is 0. The fourth-order valence-corrected chi connectivity index (χ4v) is 3.47. The van der Waals surface area contributed by atoms with Crippen molar-refractivity contribution in [3.05, 3.63) is 42.6 Å². The van der Waals surface area contributed by atoms with E-state index in [1.165, 1.54) is 0 Å². The summed E-state index contributed by atoms with van der Waals surface area (Å²) in [6.45, 7) is 0. The lowest BCUT2D eigenvalue weighted by molar-refractivity contribution is 0.129. The predicted molar refractivity (Wildman–Crippen MR) is 88.4 cm³/mol. The molecule has 1 N–H and O–H groups in total. The van der Waals surface area contributed by atoms with Crippen LogP contribution in [-0.2, 0) is 0 Å². The van der Waals surface area contributed by atoms with Gasteiger partial charge < -0.3 is 9.84 Å². The Morgan fingerprint density at radius 3 is 2.83 bits per heavy atom. The molecule has 23 heavy (non-hydrogen) atoms. The van der Waals surface area contributed by atoms with Gasteiger partial charge in [0.1, 0.15) is 11.4 Å². The van der Waals surface area contributed by atoms with Crippen LogP contribution in [-0.4, -0.2) is 33.3 Å². The molecule has 0 amide bonds. The zero-order valence-corrected chi connectivity index (χ0v) is 13.0. The van der Waals surface area contributed by atoms with E-state index >= 15 is 0 Å². The first kappa shape index (κ1) is 14.2. The molecule has 3 aromatic rings. The van der Waals surface area contributed by atoms with E-state index in [2.05, 4.69) is 22.4 Å². The molecule has 0 unspecified atom stereocenters. The van der Waals surface area contributed by atoms with E-state index in [1.54, 1.807) is 11.8 Å². The summed E-state index contributed by atoms with van der Waals surface area (Å²) in [7, 11) is 1.67. The van der Waals surface area contributed by atoms with Gasteiger partial charge in [0.2, 0.25) is 0 Å². The molecular formula is C18H19N3O2. The smallest absolute Gasteiger partial charge is 0.129 e. The van der Waals surface area contributed by atoms with E-state index in [-0.39, 0.29) is 12.1 Å². The summed E-state index contributed by atoms with van der Waals surface area (Å²) in [6, 6.07) is 12.2. The molecule has 2 atom stereocenters. The third-order valence-corrected chi connectivity index (χ3v) is 4.66. The largest absolute Gasteiger partial charge is 0.496 e. The van der Waals surface area contributed by atoms with Gasteiger partial charge >= 0.3 is 0 Å². The lowest BCUT2D eigenvalue weighted by atomic mass is 10.0. The van der Waals surface area contributed by atoms with Crippen molar-refractivity contribution in [2.24, 2.45) is 0 Å². The Hall–Kier alpha value is -2.40. The Kier molecular flexibility index (Phi) is 3.50. The summed E-state index contributed by atoms with van der Waals surface area (Å²) < 4.78 is 7.34. The van der Waals surface area contributed by atoms with Gasteiger partial charge in [-0.3, -0.25) is 0 Å². The molecule has 1 heterocycles. The number of aliphatic hydroxyl groups is 1. The minimum absolute atomic E-state index is 0.0252. The lowest BCUT2D eigenvalue weighted by Crippen LogP contribution is -2.18. The Balaban J connectivity index is 1.84. The van der Waals surface area contributed by atoms with Crippen LogP contribution in [0.2, 0.25) is 0 Å². The third kappa shape index (κ3) is 2.37. The molecule has 4 rings (SSSR count). The summed E-state index contributed by atoms with van der Waals surface area (Å²) in [4.78, 5) is 0. The Morgan fingerprint density at radius 1 is 1.17 bits per heavy atom. The molecule has 1 fully saturated rings. The summed E-state index contributed by atoms with van der Waals surface area (Å²) in [5.41, 5.74) is 1.72. The van der Waals surface area contributed by atoms with Crippen LogP contribution in [0.1, 0.15) is 25.3 Å². The van der Waals surface area contributed by atoms with Crippen molar-refractivity contribution < 1.29 is 9.84 Å². The van der Waals surface area contributed by atoms with Crippen LogP contribution in [0.3, 0.4) is 0 Å². The van der Waals surface area contributed by atoms with E-state index in [1.807, 2.05) is 30.5 Å². The van der Waals surface area contributed by atoms with Crippen molar-refractivity contribution in [2.45, 2.75) is 31.4 Å². The van der Waals surface area contributed by atoms with E-state index in [9.17, 15) is 5.11 Å². The maximum absolute atomic E-state index is 10.1. The standard InChI is InChI=1S/C18H19N3O2/c1-23-17-10-9-12-5-2-3-6-13(12)18(17)14-11-21(20-19-14)15-7-4-8-16(15)22/h2-3,5-6,9-11,15-16,22H,4,7-8H2,1H3/t15-,16-/m0/s1. The Bertz CT molecular complexity index is 843. The van der Waals surface area contributed by atoms with Crippen molar-refractivity contribution in [1.82, 2.24) is 15.0 Å². The van der Waals surface area contributed by atoms with Crippen molar-refractivity contribution in [3.8, 4) is 17.0 Å². The molecule has 5 nitrogen and oxygen atoms in total. The number of rotatable bonds is 3. The van der Waals surface area contributed by atoms with Gasteiger partial charge in [0.25, 0.3) is 0 Å². The fourth-order valence-electron chi connectivity index (χ4n) is 3.47. The monoisotopic (exact) mass is 309 g/mol. The zero-order valence-electron chi connectivity index (χ0n) is 13.0. The van der Waals surface area contributed by atoms with Gasteiger partial charge in [-0.25, -0.2) is 4.68 Å². The predicted octanol–water partition coefficient (Wildman–Crippen LogP) is 3.19. The zero-order chi connectivity index (χ0) is 15.8. The molecule has 1 aromatic heterocycles. The quantitative estimate of drug-likeness (QED) is 0.807. The van der Waals surface area contributed by atoms with E-state index in [0.29, 0.717) is 0 Å². The van der Waals surface area contributed by atoms with Crippen LogP contribution >= 0.6 is 0 Å². The van der Waals surface area contributed by atoms with E-state index in [4.69, 9.17) is 4.74 Å². The number of aliphatic hydroxyl groups excluding tert-OH is 1. The molecule has 0 spiro atoms. The number of hydrogen-bond donors (Lipinski definition) is 1. The minimum Gasteiger partial charge on any atom is -0.496 e. The average Bonchev–Trinajstić information content (AvgIpc) is 3.22. The van der Waals surface area contributed by atoms with Crippen LogP contribution in [0, 0.1) is 0 Å². The van der Waals surface area contributed by atoms with Crippen LogP contribution in [0.15, 0.2) is 42.6 Å². The van der Waals surface area contributed by atoms with Gasteiger partial charge in [-0.2, -0.15) is 0 Å². The van der Waals surface area contributed by atoms with Crippen molar-refractivity contribution >= 4 is 10.8 Å². The molecule has 1 aliphatic carbocycles. The number of aromatic nitrogens is 3. The molecule has 1 aliphatic rings. The number of nitrogens with zero attached hydrogens (tertiary/aromatic N) is 3. The number of ether oxygens (including phenoxy) is 1. The maximum Gasteiger partial charge on any atom is 0.129 e. The maximum atomic E-state index is 10.1. The first-order valence-corrected chi connectivity index (χ1v) is 7.94. The number of hydrogen-bond acceptors (Lipinski definition) is 4. The first-order valence-electron chi connectivity index (χ1n) is 7.94. The van der Waals surface area contributed by atoms with Crippen molar-refractivity contribution in [3.63, 3.8) is 0 Å². The number of methoxy groups -OCH3 is 1. The second-order valence-corrected chi connectivity index (χ2v) is 6.01. The Labute approximate surface area is 134 Å². The summed E-state index contributed by atoms with van der Waals surface area (Å²) in [5.74, 6) is 0.780. The van der Waals surface area contributed by atoms with E-state index in [0.717, 1.165) is 47.0 Å². The Morgan fingerprint density at radius 2 is 2.04 bits per heavy atom. The highest BCUT2D eigenvalue weighted by Crippen LogP contribution is 2.37. The summed E-state index contributed by atoms with van der Waals surface area (Å²) in [6.07, 6.45) is 4.38. The normalized spacial score (nSPS) is 21.0. The molecule has 118 valence electrons. The van der Waals surface area contributed by atoms with Gasteiger partial charge in [0.15, 0.2) is 0 Å². The second kappa shape index (κ2) is 5.66. The molecule has 5 heteroatoms. The highest BCUT2D eigenvalue weighted by molar-refractivity contribution is 5.98. The van der Waals surface area contributed by atoms with Gasteiger partial charge in [-0.05, 0) is 36.1 Å². The topological polar surface area (TPSA) is 60.2 Å². The lowest BCUT2D eigenvalue weighted by Gasteiger charge is -2.13. The second-order valence-electron chi connectivity index (χ2n) is 6.01. The molecule has 0 saturated heterocycles. The van der Waals surface area contributed by atoms with Crippen LogP contribution in [0.4, 0.5) is 0 Å². The van der Waals surface area contributed by atoms with Crippen molar-refractivity contribution in [1.29, 1.82) is 0 Å². The molecule has 0 radical (unpaired) electrons. The molecule has 0 bridgehead atoms. The molecular weight excluding hydrogens is 290 g/mol. The first-order chi connectivity index (χ1) is 11.3. The van der Waals surface area contributed by atoms with Gasteiger partial charge in [-0.1, -0.05) is 35.5 Å². The fraction of sp³-hybridized carbons (Fsp3) is 0.333. The minimum atomic E-state index is -0.334. The molecule has 2 aromatic carbocycles. The van der Waals surface area contributed by atoms with Gasteiger partial charge in [-0.15, -0.1) is 5.10 Å². The number of benzene rings is 2. The average molecular weight is 309 g/mol. The highest BCUT2D eigenvalue weighted by atomic mass is 16.5. The third-order valence-electron chi connectivity index (χ3n) is 4.66. The van der Waals surface area contributed by atoms with Crippen molar-refractivity contribution in [2.75, 3.05) is 7.11 Å². The molecule has 1 saturated carbocycles. The van der Waals surface area contributed by atoms with Crippen LogP contribution in [0.25, 0.3) is 22.0 Å². The number of fused-ring (bicyclic) bond motifs is 1. The van der Waals surface area contributed by atoms with E-state index < -0.39 is 0 Å². The highest BCUT2D eigenvalue weighted by Gasteiger charge is 2.28. The summed E-state index contributed by atoms with van der Waals surface area (Å²) in [5, 5.41) is 20.9. The van der Waals surface area contributed by atoms with Crippen LogP contribution in [0.5, 0.6) is 5.75 Å². The SMILES string of the molecule is COc1ccc2ccccc2c1-c1cn([C@H]2CCC[C@@H]2O)nn1. The van der Waals surface area contributed by atoms with Gasteiger partial charge in [0.05, 0.1) is 31.0 Å². The molecule has 0 aliphatic heterocycles. The van der Waals surface area contributed by atoms with Gasteiger partial charge in [0, 0.05) is 0 Å².